The molecule has 0 saturated carbocycles. The lowest BCUT2D eigenvalue weighted by atomic mass is 9.78. The summed E-state index contributed by atoms with van der Waals surface area (Å²) in [6.45, 7) is 2.49. The van der Waals surface area contributed by atoms with Gasteiger partial charge in [0.1, 0.15) is 10.6 Å². The highest BCUT2D eigenvalue weighted by Crippen LogP contribution is 2.43. The molecule has 2 amide bonds. The number of likely N-dealkylation sites (tertiary alicyclic amines) is 2. The molecular weight excluding hydrogens is 708 g/mol. The quantitative estimate of drug-likeness (QED) is 0.195. The Balaban J connectivity index is 1.30. The highest BCUT2D eigenvalue weighted by molar-refractivity contribution is 7.10. The molecule has 2 saturated heterocycles. The van der Waals surface area contributed by atoms with Crippen molar-refractivity contribution in [2.24, 2.45) is 10.2 Å². The molecule has 2 aromatic heterocycles. The van der Waals surface area contributed by atoms with Crippen LogP contribution < -0.4 is 4.74 Å². The second-order valence-corrected chi connectivity index (χ2v) is 14.3. The number of hydrogen-bond acceptors (Lipinski definition) is 7. The maximum Gasteiger partial charge on any atom is 0.425 e. The van der Waals surface area contributed by atoms with Crippen LogP contribution in [0, 0.1) is 0 Å². The van der Waals surface area contributed by atoms with Crippen LogP contribution in [0.4, 0.5) is 26.3 Å². The Morgan fingerprint density at radius 1 is 1.02 bits per heavy atom. The second-order valence-electron chi connectivity index (χ2n) is 13.4. The SMILES string of the molecule is CCC[C@H]1N(C(=O)c2cnccc2C(F)(F)F)CCC[C@@]1(Oc1csc(C(F)(F)F)c1)C(=O)N1CCC(c2ccccc2CCC2=NN=CC2)CC1. The molecule has 15 heteroatoms. The van der Waals surface area contributed by atoms with E-state index in [2.05, 4.69) is 27.3 Å². The third kappa shape index (κ3) is 7.88. The summed E-state index contributed by atoms with van der Waals surface area (Å²) in [7, 11) is 0. The summed E-state index contributed by atoms with van der Waals surface area (Å²) >= 11 is 0.422. The first kappa shape index (κ1) is 37.5. The number of aryl methyl sites for hydroxylation is 1. The Morgan fingerprint density at radius 2 is 1.79 bits per heavy atom. The van der Waals surface area contributed by atoms with Gasteiger partial charge in [-0.15, -0.1) is 11.3 Å². The molecule has 3 aliphatic heterocycles. The van der Waals surface area contributed by atoms with Crippen LogP contribution in [0.5, 0.6) is 5.75 Å². The van der Waals surface area contributed by atoms with Crippen molar-refractivity contribution in [1.29, 1.82) is 0 Å². The van der Waals surface area contributed by atoms with Crippen LogP contribution in [-0.2, 0) is 23.6 Å². The summed E-state index contributed by atoms with van der Waals surface area (Å²) in [4.78, 5) is 34.7. The van der Waals surface area contributed by atoms with Gasteiger partial charge in [-0.05, 0) is 61.6 Å². The smallest absolute Gasteiger partial charge is 0.425 e. The van der Waals surface area contributed by atoms with E-state index in [4.69, 9.17) is 4.74 Å². The zero-order valence-corrected chi connectivity index (χ0v) is 29.4. The number of alkyl halides is 6. The zero-order valence-electron chi connectivity index (χ0n) is 28.6. The van der Waals surface area contributed by atoms with Crippen molar-refractivity contribution < 1.29 is 40.7 Å². The van der Waals surface area contributed by atoms with Crippen LogP contribution in [0.1, 0.15) is 96.1 Å². The first-order valence-electron chi connectivity index (χ1n) is 17.4. The van der Waals surface area contributed by atoms with Crippen molar-refractivity contribution >= 4 is 35.1 Å². The number of benzene rings is 1. The standard InChI is InChI=1S/C37H39F6N5O3S/c1-2-6-31-35(51-27-21-32(52-23-27)37(41,42)43,15-5-18-48(31)33(49)29-22-44-16-12-30(29)36(38,39)40)34(50)47-19-13-25(14-20-47)28-8-4-3-7-24(28)9-10-26-11-17-45-46-26/h3-4,7-8,12,16-17,21-23,25,31H,2,5-6,9-11,13-15,18-20H2,1H3/t31-,35+/m1/s1. The van der Waals surface area contributed by atoms with Gasteiger partial charge < -0.3 is 14.5 Å². The van der Waals surface area contributed by atoms with E-state index in [1.807, 2.05) is 12.1 Å². The van der Waals surface area contributed by atoms with Gasteiger partial charge in [-0.2, -0.15) is 36.5 Å². The lowest BCUT2D eigenvalue weighted by molar-refractivity contribution is -0.160. The highest BCUT2D eigenvalue weighted by Gasteiger charge is 2.56. The third-order valence-electron chi connectivity index (χ3n) is 10.1. The molecular formula is C37H39F6N5O3S. The zero-order chi connectivity index (χ0) is 37.1. The maximum atomic E-state index is 14.9. The van der Waals surface area contributed by atoms with Crippen molar-refractivity contribution in [3.8, 4) is 5.75 Å². The summed E-state index contributed by atoms with van der Waals surface area (Å²) < 4.78 is 89.5. The minimum Gasteiger partial charge on any atom is -0.474 e. The molecule has 6 rings (SSSR count). The molecule has 8 nitrogen and oxygen atoms in total. The summed E-state index contributed by atoms with van der Waals surface area (Å²) in [5.41, 5.74) is -0.269. The number of rotatable bonds is 10. The normalized spacial score (nSPS) is 21.4. The minimum atomic E-state index is -4.85. The molecule has 0 N–H and O–H groups in total. The van der Waals surface area contributed by atoms with Crippen molar-refractivity contribution in [2.45, 2.75) is 94.6 Å². The molecule has 3 aliphatic rings. The van der Waals surface area contributed by atoms with Gasteiger partial charge >= 0.3 is 12.4 Å². The number of amides is 2. The van der Waals surface area contributed by atoms with Gasteiger partial charge in [0.2, 0.25) is 5.60 Å². The molecule has 0 radical (unpaired) electrons. The first-order chi connectivity index (χ1) is 24.8. The Morgan fingerprint density at radius 3 is 2.46 bits per heavy atom. The molecule has 0 unspecified atom stereocenters. The number of ether oxygens (including phenoxy) is 1. The van der Waals surface area contributed by atoms with Crippen LogP contribution in [0.2, 0.25) is 0 Å². The van der Waals surface area contributed by atoms with Crippen LogP contribution in [0.15, 0.2) is 64.4 Å². The monoisotopic (exact) mass is 747 g/mol. The molecule has 0 bridgehead atoms. The maximum absolute atomic E-state index is 14.9. The number of hydrogen-bond donors (Lipinski definition) is 0. The van der Waals surface area contributed by atoms with Gasteiger partial charge in [0.15, 0.2) is 0 Å². The number of thiophene rings is 1. The van der Waals surface area contributed by atoms with Crippen molar-refractivity contribution in [3.63, 3.8) is 0 Å². The van der Waals surface area contributed by atoms with Crippen LogP contribution in [0.3, 0.4) is 0 Å². The molecule has 2 fully saturated rings. The summed E-state index contributed by atoms with van der Waals surface area (Å²) in [6, 6.07) is 8.66. The lowest BCUT2D eigenvalue weighted by Gasteiger charge is -2.50. The number of piperidine rings is 2. The van der Waals surface area contributed by atoms with Crippen LogP contribution in [0.25, 0.3) is 0 Å². The van der Waals surface area contributed by atoms with Gasteiger partial charge in [-0.25, -0.2) is 0 Å². The Bertz CT molecular complexity index is 1820. The van der Waals surface area contributed by atoms with Crippen molar-refractivity contribution in [2.75, 3.05) is 19.6 Å². The van der Waals surface area contributed by atoms with E-state index in [1.165, 1.54) is 21.4 Å². The minimum absolute atomic E-state index is 0.0307. The van der Waals surface area contributed by atoms with E-state index in [0.717, 1.165) is 49.5 Å². The Labute approximate surface area is 301 Å². The Hall–Kier alpha value is -4.27. The number of carbonyl (C=O) groups is 2. The average molecular weight is 748 g/mol. The topological polar surface area (TPSA) is 87.5 Å². The largest absolute Gasteiger partial charge is 0.474 e. The van der Waals surface area contributed by atoms with E-state index in [0.29, 0.717) is 43.7 Å². The van der Waals surface area contributed by atoms with E-state index in [1.54, 1.807) is 18.0 Å². The number of aromatic nitrogens is 1. The fraction of sp³-hybridized carbons (Fsp3) is 0.486. The number of carbonyl (C=O) groups excluding carboxylic acids is 2. The molecule has 0 spiro atoms. The average Bonchev–Trinajstić information content (AvgIpc) is 3.84. The van der Waals surface area contributed by atoms with Crippen LogP contribution >= 0.6 is 11.3 Å². The number of nitrogens with zero attached hydrogens (tertiary/aromatic N) is 5. The van der Waals surface area contributed by atoms with E-state index < -0.39 is 51.8 Å². The van der Waals surface area contributed by atoms with Gasteiger partial charge in [0.05, 0.1) is 17.2 Å². The molecule has 52 heavy (non-hydrogen) atoms. The van der Waals surface area contributed by atoms with Gasteiger partial charge in [0.25, 0.3) is 11.8 Å². The lowest BCUT2D eigenvalue weighted by Crippen LogP contribution is -2.68. The summed E-state index contributed by atoms with van der Waals surface area (Å²) in [6.07, 6.45) is -1.53. The molecule has 1 aromatic carbocycles. The third-order valence-corrected chi connectivity index (χ3v) is 11.1. The molecule has 278 valence electrons. The molecule has 3 aromatic rings. The number of pyridine rings is 1. The first-order valence-corrected chi connectivity index (χ1v) is 18.3. The van der Waals surface area contributed by atoms with E-state index >= 15 is 0 Å². The van der Waals surface area contributed by atoms with Crippen LogP contribution in [-0.4, -0.2) is 69.8 Å². The molecule has 2 atom stereocenters. The summed E-state index contributed by atoms with van der Waals surface area (Å²) in [5.74, 6) is -1.49. The van der Waals surface area contributed by atoms with Gasteiger partial charge in [-0.1, -0.05) is 37.6 Å². The highest BCUT2D eigenvalue weighted by atomic mass is 32.1. The number of halogens is 6. The molecule has 0 aliphatic carbocycles. The predicted molar refractivity (Wildman–Crippen MR) is 185 cm³/mol. The molecule has 5 heterocycles. The second kappa shape index (κ2) is 15.4. The van der Waals surface area contributed by atoms with Gasteiger partial charge in [0, 0.05) is 68.2 Å². The summed E-state index contributed by atoms with van der Waals surface area (Å²) in [5, 5.41) is 9.31. The van der Waals surface area contributed by atoms with E-state index in [9.17, 15) is 35.9 Å². The predicted octanol–water partition coefficient (Wildman–Crippen LogP) is 8.57. The van der Waals surface area contributed by atoms with Crippen molar-refractivity contribution in [3.05, 3.63) is 81.3 Å². The van der Waals surface area contributed by atoms with Gasteiger partial charge in [-0.3, -0.25) is 14.6 Å². The van der Waals surface area contributed by atoms with E-state index in [-0.39, 0.29) is 37.5 Å². The fourth-order valence-corrected chi connectivity index (χ4v) is 8.34. The Kier molecular flexibility index (Phi) is 11.1. The van der Waals surface area contributed by atoms with Crippen molar-refractivity contribution in [1.82, 2.24) is 14.8 Å². The fourth-order valence-electron chi connectivity index (χ4n) is 7.66.